The van der Waals surface area contributed by atoms with E-state index in [1.807, 2.05) is 13.0 Å². The molecule has 0 saturated heterocycles. The average Bonchev–Trinajstić information content (AvgIpc) is 1.98. The van der Waals surface area contributed by atoms with Crippen molar-refractivity contribution in [3.8, 4) is 6.07 Å². The number of nitriles is 1. The van der Waals surface area contributed by atoms with Crippen LogP contribution < -0.4 is 0 Å². The van der Waals surface area contributed by atoms with Crippen LogP contribution >= 0.6 is 0 Å². The maximum absolute atomic E-state index is 8.20. The zero-order chi connectivity index (χ0) is 7.82. The minimum absolute atomic E-state index is 0.654. The molecule has 54 valence electrons. The van der Waals surface area contributed by atoms with Crippen LogP contribution in [0.5, 0.6) is 0 Å². The lowest BCUT2D eigenvalue weighted by atomic mass is 10.2. The van der Waals surface area contributed by atoms with Gasteiger partial charge in [-0.1, -0.05) is 24.3 Å². The van der Waals surface area contributed by atoms with Gasteiger partial charge in [-0.3, -0.25) is 0 Å². The molecule has 0 amide bonds. The van der Waals surface area contributed by atoms with E-state index in [4.69, 9.17) is 5.26 Å². The highest BCUT2D eigenvalue weighted by molar-refractivity contribution is 5.12. The summed E-state index contributed by atoms with van der Waals surface area (Å²) in [5.41, 5.74) is 1.19. The van der Waals surface area contributed by atoms with Crippen molar-refractivity contribution in [1.82, 2.24) is 0 Å². The molecule has 0 aliphatic rings. The summed E-state index contributed by atoms with van der Waals surface area (Å²) in [6, 6.07) is 2.10. The third kappa shape index (κ3) is 5.11. The van der Waals surface area contributed by atoms with Crippen molar-refractivity contribution in [3.63, 3.8) is 0 Å². The van der Waals surface area contributed by atoms with Crippen molar-refractivity contribution >= 4 is 0 Å². The van der Waals surface area contributed by atoms with E-state index in [2.05, 4.69) is 18.7 Å². The summed E-state index contributed by atoms with van der Waals surface area (Å²) < 4.78 is 0. The predicted octanol–water partition coefficient (Wildman–Crippen LogP) is 2.81. The molecule has 0 saturated carbocycles. The third-order valence-electron chi connectivity index (χ3n) is 1.28. The number of rotatable bonds is 4. The zero-order valence-corrected chi connectivity index (χ0v) is 6.43. The average molecular weight is 135 g/mol. The summed E-state index contributed by atoms with van der Waals surface area (Å²) in [5, 5.41) is 8.20. The van der Waals surface area contributed by atoms with E-state index in [0.29, 0.717) is 6.42 Å². The number of allylic oxidation sites excluding steroid dienone is 3. The van der Waals surface area contributed by atoms with Crippen molar-refractivity contribution in [2.45, 2.75) is 26.2 Å². The quantitative estimate of drug-likeness (QED) is 0.429. The second-order valence-corrected chi connectivity index (χ2v) is 2.20. The molecule has 0 N–H and O–H groups in total. The molecule has 0 aliphatic carbocycles. The summed E-state index contributed by atoms with van der Waals surface area (Å²) in [6.07, 6.45) is 6.53. The van der Waals surface area contributed by atoms with Crippen molar-refractivity contribution in [3.05, 3.63) is 24.3 Å². The van der Waals surface area contributed by atoms with E-state index in [1.165, 1.54) is 5.57 Å². The second-order valence-electron chi connectivity index (χ2n) is 2.20. The molecule has 0 radical (unpaired) electrons. The molecule has 0 rings (SSSR count). The van der Waals surface area contributed by atoms with Crippen LogP contribution in [0, 0.1) is 11.3 Å². The Labute approximate surface area is 62.7 Å². The molecule has 0 aromatic heterocycles. The van der Waals surface area contributed by atoms with Crippen LogP contribution in [0.2, 0.25) is 0 Å². The van der Waals surface area contributed by atoms with Gasteiger partial charge >= 0.3 is 0 Å². The molecular weight excluding hydrogens is 122 g/mol. The van der Waals surface area contributed by atoms with Crippen LogP contribution in [-0.4, -0.2) is 0 Å². The van der Waals surface area contributed by atoms with Crippen LogP contribution in [-0.2, 0) is 0 Å². The van der Waals surface area contributed by atoms with Gasteiger partial charge in [0.15, 0.2) is 0 Å². The summed E-state index contributed by atoms with van der Waals surface area (Å²) >= 11 is 0. The van der Waals surface area contributed by atoms with Gasteiger partial charge in [0.05, 0.1) is 6.07 Å². The first-order chi connectivity index (χ1) is 4.81. The van der Waals surface area contributed by atoms with Crippen molar-refractivity contribution in [2.75, 3.05) is 0 Å². The van der Waals surface area contributed by atoms with Crippen molar-refractivity contribution < 1.29 is 0 Å². The molecule has 1 nitrogen and oxygen atoms in total. The van der Waals surface area contributed by atoms with Crippen molar-refractivity contribution in [2.24, 2.45) is 0 Å². The molecule has 0 aromatic carbocycles. The fourth-order valence-corrected chi connectivity index (χ4v) is 0.594. The summed E-state index contributed by atoms with van der Waals surface area (Å²) in [5.74, 6) is 0. The molecule has 1 heteroatoms. The number of hydrogen-bond acceptors (Lipinski definition) is 1. The van der Waals surface area contributed by atoms with Gasteiger partial charge < -0.3 is 0 Å². The molecule has 0 heterocycles. The monoisotopic (exact) mass is 135 g/mol. The minimum atomic E-state index is 0.654. The Morgan fingerprint density at radius 2 is 2.40 bits per heavy atom. The van der Waals surface area contributed by atoms with Crippen LogP contribution in [0.1, 0.15) is 26.2 Å². The zero-order valence-electron chi connectivity index (χ0n) is 6.43. The van der Waals surface area contributed by atoms with Crippen LogP contribution in [0.4, 0.5) is 0 Å². The summed E-state index contributed by atoms with van der Waals surface area (Å²) in [4.78, 5) is 0. The highest BCUT2D eigenvalue weighted by Gasteiger charge is 1.82. The molecule has 0 fully saturated rings. The van der Waals surface area contributed by atoms with E-state index in [-0.39, 0.29) is 0 Å². The van der Waals surface area contributed by atoms with E-state index >= 15 is 0 Å². The molecule has 0 aromatic rings. The Balaban J connectivity index is 3.35. The maximum Gasteiger partial charge on any atom is 0.0621 e. The van der Waals surface area contributed by atoms with Crippen LogP contribution in [0.15, 0.2) is 24.3 Å². The van der Waals surface area contributed by atoms with Crippen LogP contribution in [0.3, 0.4) is 0 Å². The smallest absolute Gasteiger partial charge is 0.0621 e. The second kappa shape index (κ2) is 6.10. The lowest BCUT2D eigenvalue weighted by Crippen LogP contribution is -1.71. The Hall–Kier alpha value is -1.03. The van der Waals surface area contributed by atoms with Crippen molar-refractivity contribution in [1.29, 1.82) is 5.26 Å². The van der Waals surface area contributed by atoms with E-state index in [0.717, 1.165) is 12.8 Å². The topological polar surface area (TPSA) is 23.8 Å². The lowest BCUT2D eigenvalue weighted by molar-refractivity contribution is 0.872. The molecule has 0 aliphatic heterocycles. The minimum Gasteiger partial charge on any atom is -0.198 e. The normalized spacial score (nSPS) is 10.6. The molecule has 10 heavy (non-hydrogen) atoms. The lowest BCUT2D eigenvalue weighted by Gasteiger charge is -1.89. The first-order valence-electron chi connectivity index (χ1n) is 3.47. The Morgan fingerprint density at radius 1 is 1.70 bits per heavy atom. The fourth-order valence-electron chi connectivity index (χ4n) is 0.594. The fraction of sp³-hybridized carbons (Fsp3) is 0.444. The predicted molar refractivity (Wildman–Crippen MR) is 43.4 cm³/mol. The highest BCUT2D eigenvalue weighted by atomic mass is 14.2. The SMILES string of the molecule is C=C/C(C)=C/CCCC#N. The molecule has 0 bridgehead atoms. The first kappa shape index (κ1) is 8.97. The first-order valence-corrected chi connectivity index (χ1v) is 3.47. The molecule has 0 unspecified atom stereocenters. The Kier molecular flexibility index (Phi) is 5.47. The van der Waals surface area contributed by atoms with E-state index < -0.39 is 0 Å². The largest absolute Gasteiger partial charge is 0.198 e. The van der Waals surface area contributed by atoms with Gasteiger partial charge in [-0.2, -0.15) is 5.26 Å². The maximum atomic E-state index is 8.20. The van der Waals surface area contributed by atoms with Gasteiger partial charge in [-0.05, 0) is 19.8 Å². The van der Waals surface area contributed by atoms with Gasteiger partial charge in [0.1, 0.15) is 0 Å². The van der Waals surface area contributed by atoms with Gasteiger partial charge in [0.2, 0.25) is 0 Å². The van der Waals surface area contributed by atoms with Gasteiger partial charge in [0, 0.05) is 6.42 Å². The third-order valence-corrected chi connectivity index (χ3v) is 1.28. The summed E-state index contributed by atoms with van der Waals surface area (Å²) in [7, 11) is 0. The molecule has 0 spiro atoms. The van der Waals surface area contributed by atoms with E-state index in [1.54, 1.807) is 0 Å². The molecule has 0 atom stereocenters. The Bertz CT molecular complexity index is 160. The van der Waals surface area contributed by atoms with Gasteiger partial charge in [-0.25, -0.2) is 0 Å². The molecular formula is C9H13N. The summed E-state index contributed by atoms with van der Waals surface area (Å²) in [6.45, 7) is 5.64. The Morgan fingerprint density at radius 3 is 2.90 bits per heavy atom. The highest BCUT2D eigenvalue weighted by Crippen LogP contribution is 2.00. The van der Waals surface area contributed by atoms with E-state index in [9.17, 15) is 0 Å². The standard InChI is InChI=1S/C9H13N/c1-3-9(2)7-5-4-6-8-10/h3,7H,1,4-6H2,2H3/b9-7+. The van der Waals surface area contributed by atoms with Gasteiger partial charge in [-0.15, -0.1) is 0 Å². The number of hydrogen-bond donors (Lipinski definition) is 0. The number of nitrogens with zero attached hydrogens (tertiary/aromatic N) is 1. The number of unbranched alkanes of at least 4 members (excludes halogenated alkanes) is 2. The van der Waals surface area contributed by atoms with Gasteiger partial charge in [0.25, 0.3) is 0 Å². The van der Waals surface area contributed by atoms with Crippen LogP contribution in [0.25, 0.3) is 0 Å².